The van der Waals surface area contributed by atoms with E-state index in [1.807, 2.05) is 25.4 Å². The van der Waals surface area contributed by atoms with Crippen molar-refractivity contribution in [1.29, 1.82) is 0 Å². The summed E-state index contributed by atoms with van der Waals surface area (Å²) in [6.07, 6.45) is 6.48. The van der Waals surface area contributed by atoms with Crippen LogP contribution >= 0.6 is 15.9 Å². The van der Waals surface area contributed by atoms with E-state index in [0.29, 0.717) is 0 Å². The normalized spacial score (nSPS) is 16.2. The molecule has 0 atom stereocenters. The number of nitrogens with one attached hydrogen (secondary N) is 2. The minimum atomic E-state index is 0.235. The van der Waals surface area contributed by atoms with Crippen molar-refractivity contribution in [3.05, 3.63) is 64.4 Å². The van der Waals surface area contributed by atoms with Crippen LogP contribution in [0.4, 0.5) is 0 Å². The Kier molecular flexibility index (Phi) is 6.08. The molecule has 1 heterocycles. The van der Waals surface area contributed by atoms with Crippen LogP contribution in [0.2, 0.25) is 0 Å². The first-order valence-electron chi connectivity index (χ1n) is 8.82. The standard InChI is InChI=1S/C20H25BrN4/c1-22-19(24-14-10-18-5-2-3-13-23-18)25-15-20(11-4-12-20)16-6-8-17(21)9-7-16/h2-3,5-9,13H,4,10-12,14-15H2,1H3,(H2,22,24,25). The number of nitrogens with zero attached hydrogens (tertiary/aromatic N) is 2. The van der Waals surface area contributed by atoms with Crippen LogP contribution < -0.4 is 10.6 Å². The van der Waals surface area contributed by atoms with E-state index in [-0.39, 0.29) is 5.41 Å². The number of guanidine groups is 1. The maximum absolute atomic E-state index is 4.35. The lowest BCUT2D eigenvalue weighted by Crippen LogP contribution is -2.49. The molecule has 0 bridgehead atoms. The molecule has 5 heteroatoms. The van der Waals surface area contributed by atoms with E-state index >= 15 is 0 Å². The van der Waals surface area contributed by atoms with Crippen LogP contribution in [0.25, 0.3) is 0 Å². The van der Waals surface area contributed by atoms with Gasteiger partial charge >= 0.3 is 0 Å². The van der Waals surface area contributed by atoms with Gasteiger partial charge in [0.25, 0.3) is 0 Å². The van der Waals surface area contributed by atoms with Crippen molar-refractivity contribution in [1.82, 2.24) is 15.6 Å². The fourth-order valence-corrected chi connectivity index (χ4v) is 3.57. The van der Waals surface area contributed by atoms with Gasteiger partial charge in [-0.05, 0) is 42.7 Å². The SMILES string of the molecule is CN=C(NCCc1ccccn1)NCC1(c2ccc(Br)cc2)CCC1. The zero-order valence-corrected chi connectivity index (χ0v) is 16.2. The van der Waals surface area contributed by atoms with Crippen LogP contribution in [-0.2, 0) is 11.8 Å². The molecule has 2 aromatic rings. The van der Waals surface area contributed by atoms with Crippen molar-refractivity contribution in [2.45, 2.75) is 31.1 Å². The van der Waals surface area contributed by atoms with Gasteiger partial charge in [0.1, 0.15) is 0 Å². The first-order valence-corrected chi connectivity index (χ1v) is 9.62. The summed E-state index contributed by atoms with van der Waals surface area (Å²) in [7, 11) is 1.82. The molecule has 1 fully saturated rings. The molecule has 25 heavy (non-hydrogen) atoms. The van der Waals surface area contributed by atoms with Gasteiger partial charge in [-0.1, -0.05) is 40.5 Å². The second-order valence-electron chi connectivity index (χ2n) is 6.56. The minimum absolute atomic E-state index is 0.235. The lowest BCUT2D eigenvalue weighted by atomic mass is 9.64. The maximum atomic E-state index is 4.35. The molecule has 1 aliphatic carbocycles. The van der Waals surface area contributed by atoms with E-state index in [9.17, 15) is 0 Å². The van der Waals surface area contributed by atoms with Crippen molar-refractivity contribution in [3.8, 4) is 0 Å². The number of hydrogen-bond donors (Lipinski definition) is 2. The topological polar surface area (TPSA) is 49.3 Å². The molecule has 1 aliphatic rings. The van der Waals surface area contributed by atoms with Crippen molar-refractivity contribution in [2.24, 2.45) is 4.99 Å². The highest BCUT2D eigenvalue weighted by Crippen LogP contribution is 2.43. The van der Waals surface area contributed by atoms with Gasteiger partial charge in [0, 0.05) is 48.3 Å². The molecule has 1 saturated carbocycles. The van der Waals surface area contributed by atoms with Crippen LogP contribution in [-0.4, -0.2) is 31.1 Å². The number of aliphatic imine (C=N–C) groups is 1. The van der Waals surface area contributed by atoms with Gasteiger partial charge in [-0.2, -0.15) is 0 Å². The quantitative estimate of drug-likeness (QED) is 0.574. The van der Waals surface area contributed by atoms with E-state index in [2.05, 4.69) is 66.9 Å². The number of aromatic nitrogens is 1. The van der Waals surface area contributed by atoms with Crippen LogP contribution in [0, 0.1) is 0 Å². The first-order chi connectivity index (χ1) is 12.2. The van der Waals surface area contributed by atoms with Crippen LogP contribution in [0.5, 0.6) is 0 Å². The van der Waals surface area contributed by atoms with Gasteiger partial charge in [0.15, 0.2) is 5.96 Å². The number of halogens is 1. The molecule has 0 radical (unpaired) electrons. The van der Waals surface area contributed by atoms with Crippen molar-refractivity contribution in [2.75, 3.05) is 20.1 Å². The fraction of sp³-hybridized carbons (Fsp3) is 0.400. The molecule has 0 saturated heterocycles. The minimum Gasteiger partial charge on any atom is -0.356 e. The van der Waals surface area contributed by atoms with Gasteiger partial charge in [-0.25, -0.2) is 0 Å². The summed E-state index contributed by atoms with van der Waals surface area (Å²) in [5.41, 5.74) is 2.74. The van der Waals surface area contributed by atoms with E-state index in [0.717, 1.165) is 35.6 Å². The first kappa shape index (κ1) is 17.9. The Bertz CT molecular complexity index is 693. The summed E-state index contributed by atoms with van der Waals surface area (Å²) in [5.74, 6) is 0.860. The van der Waals surface area contributed by atoms with E-state index in [4.69, 9.17) is 0 Å². The van der Waals surface area contributed by atoms with E-state index < -0.39 is 0 Å². The van der Waals surface area contributed by atoms with Gasteiger partial charge in [0.05, 0.1) is 0 Å². The molecular formula is C20H25BrN4. The number of benzene rings is 1. The smallest absolute Gasteiger partial charge is 0.191 e. The Morgan fingerprint density at radius 3 is 2.56 bits per heavy atom. The summed E-state index contributed by atoms with van der Waals surface area (Å²) in [6.45, 7) is 1.74. The summed E-state index contributed by atoms with van der Waals surface area (Å²) >= 11 is 3.52. The second-order valence-corrected chi connectivity index (χ2v) is 7.48. The Labute approximate surface area is 158 Å². The van der Waals surface area contributed by atoms with Gasteiger partial charge in [-0.15, -0.1) is 0 Å². The van der Waals surface area contributed by atoms with Gasteiger partial charge in [-0.3, -0.25) is 9.98 Å². The summed E-state index contributed by atoms with van der Waals surface area (Å²) < 4.78 is 1.13. The molecule has 132 valence electrons. The predicted molar refractivity (Wildman–Crippen MR) is 107 cm³/mol. The fourth-order valence-electron chi connectivity index (χ4n) is 3.30. The Morgan fingerprint density at radius 1 is 1.16 bits per heavy atom. The monoisotopic (exact) mass is 400 g/mol. The summed E-state index contributed by atoms with van der Waals surface area (Å²) in [4.78, 5) is 8.71. The average Bonchev–Trinajstić information content (AvgIpc) is 2.61. The van der Waals surface area contributed by atoms with Crippen molar-refractivity contribution < 1.29 is 0 Å². The highest BCUT2D eigenvalue weighted by Gasteiger charge is 2.38. The van der Waals surface area contributed by atoms with E-state index in [1.165, 1.54) is 24.8 Å². The van der Waals surface area contributed by atoms with Crippen LogP contribution in [0.15, 0.2) is 58.1 Å². The molecule has 2 N–H and O–H groups in total. The van der Waals surface area contributed by atoms with Crippen molar-refractivity contribution >= 4 is 21.9 Å². The Balaban J connectivity index is 1.52. The van der Waals surface area contributed by atoms with Crippen molar-refractivity contribution in [3.63, 3.8) is 0 Å². The lowest BCUT2D eigenvalue weighted by molar-refractivity contribution is 0.244. The lowest BCUT2D eigenvalue weighted by Gasteiger charge is -2.43. The molecule has 1 aromatic carbocycles. The average molecular weight is 401 g/mol. The molecule has 0 aliphatic heterocycles. The molecule has 1 aromatic heterocycles. The third kappa shape index (κ3) is 4.60. The van der Waals surface area contributed by atoms with Gasteiger partial charge in [0.2, 0.25) is 0 Å². The predicted octanol–water partition coefficient (Wildman–Crippen LogP) is 3.67. The van der Waals surface area contributed by atoms with E-state index in [1.54, 1.807) is 0 Å². The van der Waals surface area contributed by atoms with Crippen LogP contribution in [0.1, 0.15) is 30.5 Å². The zero-order valence-electron chi connectivity index (χ0n) is 14.6. The largest absolute Gasteiger partial charge is 0.356 e. The van der Waals surface area contributed by atoms with Crippen LogP contribution in [0.3, 0.4) is 0 Å². The molecular weight excluding hydrogens is 376 g/mol. The Hall–Kier alpha value is -1.88. The molecule has 0 unspecified atom stereocenters. The number of rotatable bonds is 6. The number of hydrogen-bond acceptors (Lipinski definition) is 2. The third-order valence-electron chi connectivity index (χ3n) is 4.98. The zero-order chi connectivity index (χ0) is 17.5. The molecule has 3 rings (SSSR count). The van der Waals surface area contributed by atoms with Gasteiger partial charge < -0.3 is 10.6 Å². The summed E-state index contributed by atoms with van der Waals surface area (Å²) in [5, 5.41) is 6.91. The maximum Gasteiger partial charge on any atom is 0.191 e. The molecule has 4 nitrogen and oxygen atoms in total. The summed E-state index contributed by atoms with van der Waals surface area (Å²) in [6, 6.07) is 14.8. The molecule has 0 spiro atoms. The molecule has 0 amide bonds. The third-order valence-corrected chi connectivity index (χ3v) is 5.51. The Morgan fingerprint density at radius 2 is 1.96 bits per heavy atom. The number of pyridine rings is 1. The highest BCUT2D eigenvalue weighted by molar-refractivity contribution is 9.10. The highest BCUT2D eigenvalue weighted by atomic mass is 79.9. The second kappa shape index (κ2) is 8.48.